The molecular formula is C23H23N3O3S3. The van der Waals surface area contributed by atoms with Crippen molar-refractivity contribution in [3.63, 3.8) is 0 Å². The number of carbonyl (C=O) groups excluding carboxylic acids is 1. The first-order valence-corrected chi connectivity index (χ1v) is 12.9. The molecule has 0 saturated heterocycles. The van der Waals surface area contributed by atoms with Gasteiger partial charge >= 0.3 is 0 Å². The van der Waals surface area contributed by atoms with Crippen molar-refractivity contribution in [2.24, 2.45) is 0 Å². The van der Waals surface area contributed by atoms with E-state index in [4.69, 9.17) is 9.72 Å². The smallest absolute Gasteiger partial charge is 0.263 e. The number of hydrogen-bond donors (Lipinski definition) is 1. The highest BCUT2D eigenvalue weighted by Crippen LogP contribution is 2.35. The molecule has 3 heterocycles. The Morgan fingerprint density at radius 1 is 1.22 bits per heavy atom. The van der Waals surface area contributed by atoms with Gasteiger partial charge in [-0.3, -0.25) is 14.2 Å². The molecule has 1 atom stereocenters. The van der Waals surface area contributed by atoms with Crippen LogP contribution in [0.2, 0.25) is 0 Å². The number of aromatic nitrogens is 2. The van der Waals surface area contributed by atoms with Gasteiger partial charge in [-0.25, -0.2) is 4.98 Å². The SMILES string of the molecule is CCOc1ccccc1NC(=O)C(C)Sc1nc2scc(-c3cccs3)c2c(=O)n1CC. The van der Waals surface area contributed by atoms with Gasteiger partial charge in [-0.2, -0.15) is 0 Å². The van der Waals surface area contributed by atoms with Crippen LogP contribution in [-0.4, -0.2) is 27.3 Å². The molecule has 9 heteroatoms. The lowest BCUT2D eigenvalue weighted by atomic mass is 10.2. The molecule has 1 aromatic carbocycles. The molecule has 4 aromatic rings. The number of carbonyl (C=O) groups is 1. The van der Waals surface area contributed by atoms with E-state index in [0.717, 1.165) is 10.4 Å². The van der Waals surface area contributed by atoms with Crippen LogP contribution in [-0.2, 0) is 11.3 Å². The standard InChI is InChI=1S/C23H23N3O3S3/c1-4-26-22(28)19-15(18-11-8-12-30-18)13-31-21(19)25-23(26)32-14(3)20(27)24-16-9-6-7-10-17(16)29-5-2/h6-14H,4-5H2,1-3H3,(H,24,27). The highest BCUT2D eigenvalue weighted by Gasteiger charge is 2.22. The summed E-state index contributed by atoms with van der Waals surface area (Å²) < 4.78 is 7.24. The monoisotopic (exact) mass is 485 g/mol. The number of benzene rings is 1. The first kappa shape index (κ1) is 22.6. The van der Waals surface area contributed by atoms with E-state index in [1.807, 2.05) is 67.9 Å². The Kier molecular flexibility index (Phi) is 6.98. The molecular weight excluding hydrogens is 462 g/mol. The molecule has 0 aliphatic carbocycles. The molecule has 3 aromatic heterocycles. The molecule has 32 heavy (non-hydrogen) atoms. The second-order valence-corrected chi connectivity index (χ2v) is 10.0. The van der Waals surface area contributed by atoms with E-state index in [9.17, 15) is 9.59 Å². The van der Waals surface area contributed by atoms with Crippen molar-refractivity contribution in [3.8, 4) is 16.2 Å². The van der Waals surface area contributed by atoms with Crippen LogP contribution in [0.4, 0.5) is 5.69 Å². The molecule has 0 aliphatic heterocycles. The molecule has 4 rings (SSSR count). The topological polar surface area (TPSA) is 73.2 Å². The Labute approximate surface area is 198 Å². The zero-order valence-electron chi connectivity index (χ0n) is 18.0. The summed E-state index contributed by atoms with van der Waals surface area (Å²) in [6.07, 6.45) is 0. The fourth-order valence-corrected chi connectivity index (χ4v) is 6.06. The Balaban J connectivity index is 1.61. The van der Waals surface area contributed by atoms with Crippen LogP contribution in [0.5, 0.6) is 5.75 Å². The fraction of sp³-hybridized carbons (Fsp3) is 0.261. The molecule has 0 aliphatic rings. The summed E-state index contributed by atoms with van der Waals surface area (Å²) in [4.78, 5) is 32.7. The van der Waals surface area contributed by atoms with Crippen molar-refractivity contribution in [1.29, 1.82) is 0 Å². The third-order valence-electron chi connectivity index (χ3n) is 4.86. The number of amides is 1. The van der Waals surface area contributed by atoms with Gasteiger partial charge in [-0.1, -0.05) is 30.0 Å². The number of anilines is 1. The fourth-order valence-electron chi connectivity index (χ4n) is 3.28. The molecule has 1 unspecified atom stereocenters. The molecule has 0 bridgehead atoms. The van der Waals surface area contributed by atoms with Crippen molar-refractivity contribution in [2.45, 2.75) is 37.7 Å². The van der Waals surface area contributed by atoms with E-state index in [2.05, 4.69) is 5.32 Å². The summed E-state index contributed by atoms with van der Waals surface area (Å²) in [5.41, 5.74) is 1.48. The van der Waals surface area contributed by atoms with Crippen LogP contribution < -0.4 is 15.6 Å². The van der Waals surface area contributed by atoms with Crippen molar-refractivity contribution in [1.82, 2.24) is 9.55 Å². The maximum atomic E-state index is 13.3. The zero-order chi connectivity index (χ0) is 22.7. The Morgan fingerprint density at radius 2 is 2.03 bits per heavy atom. The van der Waals surface area contributed by atoms with Gasteiger partial charge in [0.25, 0.3) is 5.56 Å². The summed E-state index contributed by atoms with van der Waals surface area (Å²) in [7, 11) is 0. The maximum Gasteiger partial charge on any atom is 0.263 e. The normalized spacial score (nSPS) is 12.1. The number of ether oxygens (including phenoxy) is 1. The Morgan fingerprint density at radius 3 is 2.75 bits per heavy atom. The zero-order valence-corrected chi connectivity index (χ0v) is 20.4. The lowest BCUT2D eigenvalue weighted by Gasteiger charge is -2.16. The van der Waals surface area contributed by atoms with Crippen LogP contribution in [0.25, 0.3) is 20.7 Å². The highest BCUT2D eigenvalue weighted by molar-refractivity contribution is 8.00. The average Bonchev–Trinajstić information content (AvgIpc) is 3.45. The van der Waals surface area contributed by atoms with Crippen molar-refractivity contribution in [3.05, 3.63) is 57.5 Å². The first-order chi connectivity index (χ1) is 15.5. The third kappa shape index (κ3) is 4.46. The number of thioether (sulfide) groups is 1. The Bertz CT molecular complexity index is 1300. The summed E-state index contributed by atoms with van der Waals surface area (Å²) in [6, 6.07) is 11.3. The lowest BCUT2D eigenvalue weighted by Crippen LogP contribution is -2.26. The summed E-state index contributed by atoms with van der Waals surface area (Å²) in [5, 5.41) is 7.65. The van der Waals surface area contributed by atoms with Crippen molar-refractivity contribution in [2.75, 3.05) is 11.9 Å². The molecule has 6 nitrogen and oxygen atoms in total. The predicted octanol–water partition coefficient (Wildman–Crippen LogP) is 5.72. The summed E-state index contributed by atoms with van der Waals surface area (Å²) in [6.45, 7) is 6.62. The van der Waals surface area contributed by atoms with E-state index in [1.54, 1.807) is 15.9 Å². The number of fused-ring (bicyclic) bond motifs is 1. The van der Waals surface area contributed by atoms with E-state index in [1.165, 1.54) is 23.1 Å². The van der Waals surface area contributed by atoms with E-state index >= 15 is 0 Å². The summed E-state index contributed by atoms with van der Waals surface area (Å²) in [5.74, 6) is 0.454. The Hall–Kier alpha value is -2.62. The van der Waals surface area contributed by atoms with E-state index in [-0.39, 0.29) is 11.5 Å². The van der Waals surface area contributed by atoms with Crippen molar-refractivity contribution >= 4 is 56.2 Å². The first-order valence-electron chi connectivity index (χ1n) is 10.3. The second-order valence-electron chi connectivity index (χ2n) is 6.93. The number of rotatable bonds is 8. The minimum absolute atomic E-state index is 0.0704. The number of hydrogen-bond acceptors (Lipinski definition) is 7. The number of thiophene rings is 2. The third-order valence-corrected chi connectivity index (χ3v) is 7.72. The number of nitrogens with one attached hydrogen (secondary N) is 1. The van der Waals surface area contributed by atoms with Gasteiger partial charge in [-0.15, -0.1) is 22.7 Å². The van der Waals surface area contributed by atoms with Crippen molar-refractivity contribution < 1.29 is 9.53 Å². The minimum atomic E-state index is -0.455. The van der Waals surface area contributed by atoms with Gasteiger partial charge in [0.1, 0.15) is 10.6 Å². The molecule has 0 spiro atoms. The summed E-state index contributed by atoms with van der Waals surface area (Å²) >= 11 is 4.35. The van der Waals surface area contributed by atoms with Crippen LogP contribution in [0.3, 0.4) is 0 Å². The minimum Gasteiger partial charge on any atom is -0.492 e. The van der Waals surface area contributed by atoms with Gasteiger partial charge in [0.2, 0.25) is 5.91 Å². The molecule has 1 N–H and O–H groups in total. The van der Waals surface area contributed by atoms with E-state index in [0.29, 0.717) is 40.0 Å². The van der Waals surface area contributed by atoms with Crippen LogP contribution >= 0.6 is 34.4 Å². The van der Waals surface area contributed by atoms with Gasteiger partial charge in [-0.05, 0) is 44.4 Å². The predicted molar refractivity (Wildman–Crippen MR) is 134 cm³/mol. The van der Waals surface area contributed by atoms with Crippen LogP contribution in [0, 0.1) is 0 Å². The van der Waals surface area contributed by atoms with Crippen LogP contribution in [0.15, 0.2) is 57.1 Å². The largest absolute Gasteiger partial charge is 0.492 e. The number of para-hydroxylation sites is 2. The molecule has 0 radical (unpaired) electrons. The average molecular weight is 486 g/mol. The second kappa shape index (κ2) is 9.89. The van der Waals surface area contributed by atoms with Gasteiger partial charge in [0.15, 0.2) is 5.16 Å². The highest BCUT2D eigenvalue weighted by atomic mass is 32.2. The maximum absolute atomic E-state index is 13.3. The van der Waals surface area contributed by atoms with Gasteiger partial charge in [0.05, 0.1) is 22.9 Å². The number of nitrogens with zero attached hydrogens (tertiary/aromatic N) is 2. The van der Waals surface area contributed by atoms with Gasteiger partial charge < -0.3 is 10.1 Å². The quantitative estimate of drug-likeness (QED) is 0.255. The van der Waals surface area contributed by atoms with Gasteiger partial charge in [0, 0.05) is 22.4 Å². The van der Waals surface area contributed by atoms with E-state index < -0.39 is 5.25 Å². The molecule has 0 saturated carbocycles. The molecule has 0 fully saturated rings. The molecule has 1 amide bonds. The lowest BCUT2D eigenvalue weighted by molar-refractivity contribution is -0.115. The van der Waals surface area contributed by atoms with Crippen LogP contribution in [0.1, 0.15) is 20.8 Å². The molecule has 166 valence electrons.